The van der Waals surface area contributed by atoms with Crippen LogP contribution in [0.1, 0.15) is 48.7 Å². The van der Waals surface area contributed by atoms with Gasteiger partial charge in [-0.05, 0) is 38.0 Å². The highest BCUT2D eigenvalue weighted by atomic mass is 32.2. The van der Waals surface area contributed by atoms with Gasteiger partial charge in [-0.1, -0.05) is 12.8 Å². The molecule has 1 aliphatic carbocycles. The molecule has 3 aromatic rings. The summed E-state index contributed by atoms with van der Waals surface area (Å²) in [6.45, 7) is 1.58. The number of halogens is 1. The van der Waals surface area contributed by atoms with Gasteiger partial charge in [0.15, 0.2) is 14.8 Å². The Morgan fingerprint density at radius 3 is 2.78 bits per heavy atom. The van der Waals surface area contributed by atoms with E-state index in [1.165, 1.54) is 29.5 Å². The van der Waals surface area contributed by atoms with Crippen molar-refractivity contribution in [3.63, 3.8) is 0 Å². The molecule has 168 valence electrons. The molecule has 1 aromatic carbocycles. The Bertz CT molecular complexity index is 1330. The fourth-order valence-electron chi connectivity index (χ4n) is 4.81. The number of nitrogens with one attached hydrogen (secondary N) is 3. The second kappa shape index (κ2) is 7.11. The maximum atomic E-state index is 14.9. The molecular formula is C21H22FN5O3S2. The van der Waals surface area contributed by atoms with Crippen molar-refractivity contribution < 1.29 is 17.6 Å². The van der Waals surface area contributed by atoms with E-state index < -0.39 is 31.8 Å². The van der Waals surface area contributed by atoms with Crippen LogP contribution in [0.3, 0.4) is 0 Å². The molecule has 1 atom stereocenters. The van der Waals surface area contributed by atoms with Crippen molar-refractivity contribution in [3.05, 3.63) is 53.0 Å². The number of amides is 1. The molecule has 5 rings (SSSR count). The second-order valence-electron chi connectivity index (χ2n) is 8.66. The van der Waals surface area contributed by atoms with Gasteiger partial charge in [0.25, 0.3) is 5.91 Å². The van der Waals surface area contributed by atoms with E-state index in [0.717, 1.165) is 12.8 Å². The summed E-state index contributed by atoms with van der Waals surface area (Å²) in [7, 11) is -3.68. The molecule has 32 heavy (non-hydrogen) atoms. The largest absolute Gasteiger partial charge is 0.362 e. The normalized spacial score (nSPS) is 24.0. The van der Waals surface area contributed by atoms with Crippen molar-refractivity contribution in [2.24, 2.45) is 0 Å². The number of aromatic nitrogens is 2. The lowest BCUT2D eigenvalue weighted by Gasteiger charge is -2.44. The molecule has 8 nitrogen and oxygen atoms in total. The zero-order valence-corrected chi connectivity index (χ0v) is 18.9. The van der Waals surface area contributed by atoms with Gasteiger partial charge in [-0.3, -0.25) is 14.6 Å². The molecule has 2 aromatic heterocycles. The molecule has 1 aliphatic heterocycles. The van der Waals surface area contributed by atoms with Crippen molar-refractivity contribution >= 4 is 43.6 Å². The predicted octanol–water partition coefficient (Wildman–Crippen LogP) is 3.31. The van der Waals surface area contributed by atoms with E-state index in [-0.39, 0.29) is 22.8 Å². The summed E-state index contributed by atoms with van der Waals surface area (Å²) in [6.07, 6.45) is 5.73. The minimum Gasteiger partial charge on any atom is -0.362 e. The number of nitrogens with zero attached hydrogens (tertiary/aromatic N) is 2. The number of sulfone groups is 1. The van der Waals surface area contributed by atoms with Crippen molar-refractivity contribution in [2.45, 2.75) is 42.9 Å². The van der Waals surface area contributed by atoms with Crippen molar-refractivity contribution in [3.8, 4) is 0 Å². The van der Waals surface area contributed by atoms with Gasteiger partial charge in [0.05, 0.1) is 11.3 Å². The number of hydrogen-bond donors (Lipinski definition) is 3. The molecule has 3 N–H and O–H groups in total. The lowest BCUT2D eigenvalue weighted by molar-refractivity contribution is 0.102. The van der Waals surface area contributed by atoms with Gasteiger partial charge < -0.3 is 10.6 Å². The Morgan fingerprint density at radius 1 is 1.34 bits per heavy atom. The average Bonchev–Trinajstić information content (AvgIpc) is 3.44. The number of carbonyl (C=O) groups is 1. The topological polar surface area (TPSA) is 116 Å². The van der Waals surface area contributed by atoms with Crippen LogP contribution in [-0.2, 0) is 15.4 Å². The molecule has 2 fully saturated rings. The monoisotopic (exact) mass is 475 g/mol. The van der Waals surface area contributed by atoms with Gasteiger partial charge in [-0.2, -0.15) is 0 Å². The molecule has 3 heterocycles. The number of hydrogen-bond acceptors (Lipinski definition) is 6. The van der Waals surface area contributed by atoms with Gasteiger partial charge in [-0.15, -0.1) is 11.3 Å². The summed E-state index contributed by atoms with van der Waals surface area (Å²) in [6, 6.07) is 4.04. The van der Waals surface area contributed by atoms with Gasteiger partial charge in [0.1, 0.15) is 22.1 Å². The predicted molar refractivity (Wildman–Crippen MR) is 121 cm³/mol. The number of rotatable bonds is 3. The molecule has 2 aliphatic rings. The smallest absolute Gasteiger partial charge is 0.275 e. The highest BCUT2D eigenvalue weighted by Crippen LogP contribution is 2.44. The van der Waals surface area contributed by atoms with Crippen LogP contribution in [0.25, 0.3) is 4.96 Å². The SMILES string of the molecule is C[C@@]1(c2cc(NC(=O)c3cn4ccsc4n3)ccc2F)CS(=O)(=O)C2(CCCC2)C(=N)N1. The second-order valence-corrected chi connectivity index (χ2v) is 11.8. The van der Waals surface area contributed by atoms with Crippen LogP contribution in [0.5, 0.6) is 0 Å². The van der Waals surface area contributed by atoms with Crippen LogP contribution < -0.4 is 10.6 Å². The van der Waals surface area contributed by atoms with Crippen molar-refractivity contribution in [2.75, 3.05) is 11.1 Å². The van der Waals surface area contributed by atoms with Gasteiger partial charge >= 0.3 is 0 Å². The van der Waals surface area contributed by atoms with Gasteiger partial charge in [-0.25, -0.2) is 17.8 Å². The molecular weight excluding hydrogens is 453 g/mol. The van der Waals surface area contributed by atoms with Crippen LogP contribution in [0.4, 0.5) is 10.1 Å². The van der Waals surface area contributed by atoms with E-state index in [1.54, 1.807) is 23.7 Å². The number of amidine groups is 1. The fourth-order valence-corrected chi connectivity index (χ4v) is 8.05. The summed E-state index contributed by atoms with van der Waals surface area (Å²) in [4.78, 5) is 17.6. The maximum absolute atomic E-state index is 14.9. The number of benzene rings is 1. The lowest BCUT2D eigenvalue weighted by atomic mass is 9.90. The minimum absolute atomic E-state index is 0.0735. The molecule has 1 saturated heterocycles. The third-order valence-corrected chi connectivity index (χ3v) is 10.0. The molecule has 0 unspecified atom stereocenters. The first-order valence-corrected chi connectivity index (χ1v) is 12.8. The summed E-state index contributed by atoms with van der Waals surface area (Å²) < 4.78 is 41.9. The molecule has 1 spiro atoms. The standard InChI is InChI=1S/C21H22FN5O3S2/c1-20(12-32(29,30)21(18(23)26-20)6-2-3-7-21)14-10-13(4-5-15(14)22)24-17(28)16-11-27-8-9-31-19(27)25-16/h4-5,8-11H,2-3,6-7,12H2,1H3,(H2,23,26)(H,24,28)/t20-/m0/s1. The molecule has 11 heteroatoms. The summed E-state index contributed by atoms with van der Waals surface area (Å²) in [5.41, 5.74) is -0.707. The Labute approximate surface area is 188 Å². The van der Waals surface area contributed by atoms with Crippen LogP contribution in [0.15, 0.2) is 36.0 Å². The lowest BCUT2D eigenvalue weighted by Crippen LogP contribution is -2.65. The van der Waals surface area contributed by atoms with Gasteiger partial charge in [0.2, 0.25) is 0 Å². The Kier molecular flexibility index (Phi) is 4.68. The zero-order valence-electron chi connectivity index (χ0n) is 17.3. The van der Waals surface area contributed by atoms with E-state index in [1.807, 2.05) is 5.38 Å². The van der Waals surface area contributed by atoms with Crippen molar-refractivity contribution in [1.29, 1.82) is 5.41 Å². The Morgan fingerprint density at radius 2 is 2.09 bits per heavy atom. The number of anilines is 1. The third-order valence-electron chi connectivity index (χ3n) is 6.49. The van der Waals surface area contributed by atoms with E-state index in [4.69, 9.17) is 5.41 Å². The van der Waals surface area contributed by atoms with Crippen LogP contribution >= 0.6 is 11.3 Å². The minimum atomic E-state index is -3.68. The molecule has 1 amide bonds. The van der Waals surface area contributed by atoms with E-state index in [9.17, 15) is 17.6 Å². The first kappa shape index (κ1) is 21.1. The van der Waals surface area contributed by atoms with Crippen LogP contribution in [0.2, 0.25) is 0 Å². The first-order chi connectivity index (χ1) is 15.1. The molecule has 0 bridgehead atoms. The third kappa shape index (κ3) is 3.14. The average molecular weight is 476 g/mol. The molecule has 1 saturated carbocycles. The number of imidazole rings is 1. The Balaban J connectivity index is 1.45. The van der Waals surface area contributed by atoms with E-state index in [0.29, 0.717) is 23.5 Å². The van der Waals surface area contributed by atoms with E-state index >= 15 is 0 Å². The van der Waals surface area contributed by atoms with Gasteiger partial charge in [0, 0.05) is 29.0 Å². The maximum Gasteiger partial charge on any atom is 0.275 e. The fraction of sp³-hybridized carbons (Fsp3) is 0.381. The highest BCUT2D eigenvalue weighted by molar-refractivity contribution is 7.93. The summed E-state index contributed by atoms with van der Waals surface area (Å²) in [5, 5.41) is 16.1. The van der Waals surface area contributed by atoms with E-state index in [2.05, 4.69) is 15.6 Å². The summed E-state index contributed by atoms with van der Waals surface area (Å²) in [5.74, 6) is -1.46. The molecule has 0 radical (unpaired) electrons. The summed E-state index contributed by atoms with van der Waals surface area (Å²) >= 11 is 1.40. The Hall–Kier alpha value is -2.79. The van der Waals surface area contributed by atoms with Crippen LogP contribution in [0, 0.1) is 11.2 Å². The zero-order chi connectivity index (χ0) is 22.7. The van der Waals surface area contributed by atoms with Crippen molar-refractivity contribution in [1.82, 2.24) is 14.7 Å². The number of thiazole rings is 1. The number of fused-ring (bicyclic) bond motifs is 1. The van der Waals surface area contributed by atoms with Crippen LogP contribution in [-0.4, -0.2) is 40.0 Å². The number of carbonyl (C=O) groups excluding carboxylic acids is 1. The quantitative estimate of drug-likeness (QED) is 0.537. The first-order valence-electron chi connectivity index (χ1n) is 10.3. The highest BCUT2D eigenvalue weighted by Gasteiger charge is 2.57.